The van der Waals surface area contributed by atoms with Gasteiger partial charge in [0, 0.05) is 26.9 Å². The third-order valence-electron chi connectivity index (χ3n) is 4.36. The Labute approximate surface area is 152 Å². The molecule has 0 saturated carbocycles. The Morgan fingerprint density at radius 1 is 1.15 bits per heavy atom. The predicted octanol–water partition coefficient (Wildman–Crippen LogP) is 2.06. The van der Waals surface area contributed by atoms with Crippen molar-refractivity contribution in [2.24, 2.45) is 10.9 Å². The summed E-state index contributed by atoms with van der Waals surface area (Å²) in [6, 6.07) is 7.69. The van der Waals surface area contributed by atoms with Gasteiger partial charge in [0.2, 0.25) is 5.92 Å². The van der Waals surface area contributed by atoms with Crippen LogP contribution in [0.5, 0.6) is 0 Å². The summed E-state index contributed by atoms with van der Waals surface area (Å²) in [4.78, 5) is 31.8. The Hall–Kier alpha value is -2.41. The maximum Gasteiger partial charge on any atom is 0.331 e. The predicted molar refractivity (Wildman–Crippen MR) is 95.1 cm³/mol. The van der Waals surface area contributed by atoms with Crippen LogP contribution in [0.2, 0.25) is 0 Å². The number of carbonyl (C=O) groups excluding carboxylic acids is 2. The molecule has 2 aliphatic rings. The Kier molecular flexibility index (Phi) is 5.27. The van der Waals surface area contributed by atoms with E-state index in [1.807, 2.05) is 36.1 Å². The second-order valence-electron chi connectivity index (χ2n) is 6.73. The summed E-state index contributed by atoms with van der Waals surface area (Å²) in [7, 11) is 0. The number of esters is 2. The zero-order chi connectivity index (χ0) is 18.7. The number of nitrogens with zero attached hydrogens (tertiary/aromatic N) is 2. The van der Waals surface area contributed by atoms with Crippen LogP contribution in [0.15, 0.2) is 29.3 Å². The number of morpholine rings is 1. The maximum absolute atomic E-state index is 12.6. The number of benzene rings is 1. The van der Waals surface area contributed by atoms with Crippen LogP contribution >= 0.6 is 0 Å². The Bertz CT molecular complexity index is 702. The van der Waals surface area contributed by atoms with Crippen molar-refractivity contribution in [3.63, 3.8) is 0 Å². The standard InChI is InChI=1S/C19H24N2O5/c1-4-13-7-5-6-8-14(13)20-16(21-9-11-24-12-10-21)15-17(22)25-19(2,3)26-18(15)23/h5-8,15H,4,9-12H2,1-3H3. The lowest BCUT2D eigenvalue weighted by Crippen LogP contribution is -2.54. The quantitative estimate of drug-likeness (QED) is 0.355. The summed E-state index contributed by atoms with van der Waals surface area (Å²) in [6.45, 7) is 7.23. The van der Waals surface area contributed by atoms with Gasteiger partial charge in [0.25, 0.3) is 5.79 Å². The minimum atomic E-state index is -1.26. The third-order valence-corrected chi connectivity index (χ3v) is 4.36. The lowest BCUT2D eigenvalue weighted by molar-refractivity contribution is -0.236. The van der Waals surface area contributed by atoms with Crippen LogP contribution in [0, 0.1) is 5.92 Å². The number of rotatable bonds is 3. The maximum atomic E-state index is 12.6. The molecule has 0 spiro atoms. The molecule has 2 saturated heterocycles. The number of para-hydroxylation sites is 1. The van der Waals surface area contributed by atoms with E-state index in [1.165, 1.54) is 13.8 Å². The fourth-order valence-corrected chi connectivity index (χ4v) is 3.08. The van der Waals surface area contributed by atoms with E-state index < -0.39 is 23.6 Å². The van der Waals surface area contributed by atoms with Crippen LogP contribution in [0.3, 0.4) is 0 Å². The molecule has 0 bridgehead atoms. The highest BCUT2D eigenvalue weighted by atomic mass is 16.7. The molecular formula is C19H24N2O5. The molecule has 2 aliphatic heterocycles. The average Bonchev–Trinajstić information content (AvgIpc) is 2.60. The highest BCUT2D eigenvalue weighted by molar-refractivity contribution is 6.17. The summed E-state index contributed by atoms with van der Waals surface area (Å²) in [5, 5.41) is 0. The SMILES string of the molecule is CCc1ccccc1N=C(C1C(=O)OC(C)(C)OC1=O)N1CCOCC1. The Balaban J connectivity index is 2.02. The molecule has 2 fully saturated rings. The highest BCUT2D eigenvalue weighted by Crippen LogP contribution is 2.28. The molecular weight excluding hydrogens is 336 g/mol. The zero-order valence-electron chi connectivity index (χ0n) is 15.4. The fourth-order valence-electron chi connectivity index (χ4n) is 3.08. The number of cyclic esters (lactones) is 2. The smallest absolute Gasteiger partial charge is 0.331 e. The van der Waals surface area contributed by atoms with Crippen LogP contribution in [-0.4, -0.2) is 54.8 Å². The summed E-state index contributed by atoms with van der Waals surface area (Å²) < 4.78 is 16.0. The van der Waals surface area contributed by atoms with Gasteiger partial charge >= 0.3 is 11.9 Å². The van der Waals surface area contributed by atoms with E-state index in [1.54, 1.807) is 0 Å². The molecule has 0 aliphatic carbocycles. The summed E-state index contributed by atoms with van der Waals surface area (Å²) in [6.07, 6.45) is 0.794. The van der Waals surface area contributed by atoms with Crippen molar-refractivity contribution >= 4 is 23.5 Å². The minimum absolute atomic E-state index is 0.361. The first-order chi connectivity index (χ1) is 12.4. The van der Waals surface area contributed by atoms with Gasteiger partial charge in [-0.2, -0.15) is 0 Å². The molecule has 1 aromatic carbocycles. The lowest BCUT2D eigenvalue weighted by Gasteiger charge is -2.37. The van der Waals surface area contributed by atoms with Crippen LogP contribution in [0.25, 0.3) is 0 Å². The van der Waals surface area contributed by atoms with Gasteiger partial charge in [-0.05, 0) is 18.1 Å². The topological polar surface area (TPSA) is 77.4 Å². The van der Waals surface area contributed by atoms with E-state index in [0.717, 1.165) is 17.7 Å². The van der Waals surface area contributed by atoms with Crippen LogP contribution in [0.1, 0.15) is 26.3 Å². The number of carbonyl (C=O) groups is 2. The second-order valence-corrected chi connectivity index (χ2v) is 6.73. The second kappa shape index (κ2) is 7.45. The largest absolute Gasteiger partial charge is 0.422 e. The number of aliphatic imine (C=N–C) groups is 1. The molecule has 0 atom stereocenters. The first-order valence-electron chi connectivity index (χ1n) is 8.86. The molecule has 0 unspecified atom stereocenters. The van der Waals surface area contributed by atoms with Crippen LogP contribution in [0.4, 0.5) is 5.69 Å². The van der Waals surface area contributed by atoms with Crippen molar-refractivity contribution in [2.75, 3.05) is 26.3 Å². The third kappa shape index (κ3) is 3.88. The zero-order valence-corrected chi connectivity index (χ0v) is 15.4. The van der Waals surface area contributed by atoms with E-state index >= 15 is 0 Å². The van der Waals surface area contributed by atoms with E-state index in [4.69, 9.17) is 19.2 Å². The van der Waals surface area contributed by atoms with Gasteiger partial charge in [0.15, 0.2) is 0 Å². The van der Waals surface area contributed by atoms with Gasteiger partial charge in [0.05, 0.1) is 18.9 Å². The fraction of sp³-hybridized carbons (Fsp3) is 0.526. The number of ether oxygens (including phenoxy) is 3. The van der Waals surface area contributed by atoms with Crippen molar-refractivity contribution < 1.29 is 23.8 Å². The van der Waals surface area contributed by atoms with Crippen molar-refractivity contribution in [2.45, 2.75) is 33.0 Å². The van der Waals surface area contributed by atoms with Gasteiger partial charge in [-0.3, -0.25) is 9.59 Å². The highest BCUT2D eigenvalue weighted by Gasteiger charge is 2.47. The number of aryl methyl sites for hydroxylation is 1. The van der Waals surface area contributed by atoms with Crippen molar-refractivity contribution in [1.82, 2.24) is 4.90 Å². The van der Waals surface area contributed by atoms with E-state index in [9.17, 15) is 9.59 Å². The first kappa shape index (κ1) is 18.4. The lowest BCUT2D eigenvalue weighted by atomic mass is 10.0. The summed E-state index contributed by atoms with van der Waals surface area (Å²) in [5.74, 6) is -3.36. The molecule has 3 rings (SSSR count). The minimum Gasteiger partial charge on any atom is -0.422 e. The van der Waals surface area contributed by atoms with Crippen LogP contribution < -0.4 is 0 Å². The molecule has 26 heavy (non-hydrogen) atoms. The van der Waals surface area contributed by atoms with E-state index in [-0.39, 0.29) is 0 Å². The summed E-state index contributed by atoms with van der Waals surface area (Å²) in [5.41, 5.74) is 1.78. The molecule has 7 heteroatoms. The van der Waals surface area contributed by atoms with Gasteiger partial charge in [-0.1, -0.05) is 25.1 Å². The molecule has 7 nitrogen and oxygen atoms in total. The molecule has 0 aromatic heterocycles. The van der Waals surface area contributed by atoms with Gasteiger partial charge in [-0.25, -0.2) is 4.99 Å². The number of hydrogen-bond donors (Lipinski definition) is 0. The van der Waals surface area contributed by atoms with Crippen molar-refractivity contribution in [3.05, 3.63) is 29.8 Å². The van der Waals surface area contributed by atoms with Gasteiger partial charge in [-0.15, -0.1) is 0 Å². The number of hydrogen-bond acceptors (Lipinski definition) is 6. The molecule has 0 radical (unpaired) electrons. The average molecular weight is 360 g/mol. The molecule has 0 amide bonds. The summed E-state index contributed by atoms with van der Waals surface area (Å²) >= 11 is 0. The van der Waals surface area contributed by atoms with Crippen molar-refractivity contribution in [3.8, 4) is 0 Å². The van der Waals surface area contributed by atoms with Crippen LogP contribution in [-0.2, 0) is 30.2 Å². The molecule has 2 heterocycles. The van der Waals surface area contributed by atoms with E-state index in [2.05, 4.69) is 0 Å². The normalized spacial score (nSPS) is 21.3. The first-order valence-corrected chi connectivity index (χ1v) is 8.86. The monoisotopic (exact) mass is 360 g/mol. The molecule has 140 valence electrons. The number of amidine groups is 1. The van der Waals surface area contributed by atoms with E-state index in [0.29, 0.717) is 32.1 Å². The Morgan fingerprint density at radius 3 is 2.38 bits per heavy atom. The van der Waals surface area contributed by atoms with Crippen molar-refractivity contribution in [1.29, 1.82) is 0 Å². The van der Waals surface area contributed by atoms with Gasteiger partial charge < -0.3 is 19.1 Å². The molecule has 0 N–H and O–H groups in total. The van der Waals surface area contributed by atoms with Gasteiger partial charge in [0.1, 0.15) is 5.84 Å². The Morgan fingerprint density at radius 2 is 1.77 bits per heavy atom. The molecule has 1 aromatic rings.